The molecule has 0 aliphatic carbocycles. The second-order valence-electron chi connectivity index (χ2n) is 4.84. The van der Waals surface area contributed by atoms with Crippen molar-refractivity contribution in [3.63, 3.8) is 0 Å². The van der Waals surface area contributed by atoms with Crippen molar-refractivity contribution < 1.29 is 0 Å². The van der Waals surface area contributed by atoms with Crippen LogP contribution in [0.15, 0.2) is 0 Å². The summed E-state index contributed by atoms with van der Waals surface area (Å²) in [6.45, 7) is 9.83. The fraction of sp³-hybridized carbons (Fsp3) is 0.846. The predicted octanol–water partition coefficient (Wildman–Crippen LogP) is 3.37. The second-order valence-corrected chi connectivity index (χ2v) is 5.68. The van der Waals surface area contributed by atoms with E-state index in [1.165, 1.54) is 24.3 Å². The number of hydrogen-bond acceptors (Lipinski definition) is 4. The molecule has 1 atom stereocenters. The average molecular weight is 255 g/mol. The van der Waals surface area contributed by atoms with Gasteiger partial charge in [-0.15, -0.1) is 0 Å². The molecule has 0 saturated heterocycles. The summed E-state index contributed by atoms with van der Waals surface area (Å²) in [6, 6.07) is 0.563. The minimum absolute atomic E-state index is 0.438. The monoisotopic (exact) mass is 255 g/mol. The third-order valence-corrected chi connectivity index (χ3v) is 3.49. The Kier molecular flexibility index (Phi) is 6.66. The van der Waals surface area contributed by atoms with Gasteiger partial charge in [0, 0.05) is 18.4 Å². The van der Waals surface area contributed by atoms with E-state index in [9.17, 15) is 0 Å². The van der Waals surface area contributed by atoms with E-state index >= 15 is 0 Å². The van der Waals surface area contributed by atoms with Crippen LogP contribution < -0.4 is 5.32 Å². The van der Waals surface area contributed by atoms with Crippen LogP contribution in [-0.2, 0) is 6.42 Å². The molecule has 0 aliphatic heterocycles. The summed E-state index contributed by atoms with van der Waals surface area (Å²) >= 11 is 1.56. The van der Waals surface area contributed by atoms with Gasteiger partial charge in [-0.1, -0.05) is 34.1 Å². The number of aromatic nitrogens is 2. The van der Waals surface area contributed by atoms with Gasteiger partial charge < -0.3 is 5.32 Å². The number of nitrogens with zero attached hydrogens (tertiary/aromatic N) is 2. The number of hydrogen-bond donors (Lipinski definition) is 1. The van der Waals surface area contributed by atoms with Crippen molar-refractivity contribution in [2.75, 3.05) is 6.54 Å². The van der Waals surface area contributed by atoms with E-state index in [4.69, 9.17) is 0 Å². The van der Waals surface area contributed by atoms with Crippen molar-refractivity contribution in [1.29, 1.82) is 0 Å². The summed E-state index contributed by atoms with van der Waals surface area (Å²) in [4.78, 5) is 4.61. The summed E-state index contributed by atoms with van der Waals surface area (Å²) in [5.41, 5.74) is 0. The Hall–Kier alpha value is -0.480. The Morgan fingerprint density at radius 2 is 2.00 bits per heavy atom. The predicted molar refractivity (Wildman–Crippen MR) is 74.7 cm³/mol. The van der Waals surface area contributed by atoms with Crippen molar-refractivity contribution in [2.45, 2.75) is 65.3 Å². The van der Waals surface area contributed by atoms with Crippen LogP contribution in [-0.4, -0.2) is 21.9 Å². The third-order valence-electron chi connectivity index (χ3n) is 2.74. The molecular formula is C13H25N3S. The standard InChI is InChI=1S/C13H25N3S/c1-5-7-11(14-8-6-2)9-12-15-13(10(3)4)16-17-12/h10-11,14H,5-9H2,1-4H3. The van der Waals surface area contributed by atoms with Gasteiger partial charge >= 0.3 is 0 Å². The van der Waals surface area contributed by atoms with E-state index in [0.29, 0.717) is 12.0 Å². The minimum atomic E-state index is 0.438. The summed E-state index contributed by atoms with van der Waals surface area (Å²) in [5.74, 6) is 1.43. The molecule has 1 N–H and O–H groups in total. The largest absolute Gasteiger partial charge is 0.314 e. The highest BCUT2D eigenvalue weighted by molar-refractivity contribution is 7.05. The quantitative estimate of drug-likeness (QED) is 0.774. The van der Waals surface area contributed by atoms with Gasteiger partial charge in [-0.25, -0.2) is 4.98 Å². The molecule has 0 spiro atoms. The normalized spacial score (nSPS) is 13.2. The van der Waals surface area contributed by atoms with Gasteiger partial charge in [0.25, 0.3) is 0 Å². The molecule has 0 saturated carbocycles. The molecule has 0 amide bonds. The number of nitrogens with one attached hydrogen (secondary N) is 1. The van der Waals surface area contributed by atoms with E-state index in [1.807, 2.05) is 0 Å². The summed E-state index contributed by atoms with van der Waals surface area (Å²) in [7, 11) is 0. The van der Waals surface area contributed by atoms with Crippen LogP contribution >= 0.6 is 11.5 Å². The smallest absolute Gasteiger partial charge is 0.145 e. The van der Waals surface area contributed by atoms with Crippen molar-refractivity contribution in [1.82, 2.24) is 14.7 Å². The van der Waals surface area contributed by atoms with Gasteiger partial charge in [0.05, 0.1) is 0 Å². The first-order chi connectivity index (χ1) is 8.17. The zero-order chi connectivity index (χ0) is 12.7. The van der Waals surface area contributed by atoms with Gasteiger partial charge in [0.1, 0.15) is 10.8 Å². The zero-order valence-corrected chi connectivity index (χ0v) is 12.3. The van der Waals surface area contributed by atoms with Gasteiger partial charge in [-0.2, -0.15) is 4.37 Å². The molecule has 1 rings (SSSR count). The maximum absolute atomic E-state index is 4.61. The Morgan fingerprint density at radius 3 is 2.53 bits per heavy atom. The van der Waals surface area contributed by atoms with Crippen LogP contribution in [0.3, 0.4) is 0 Å². The lowest BCUT2D eigenvalue weighted by Crippen LogP contribution is -2.31. The van der Waals surface area contributed by atoms with Crippen LogP contribution in [0.1, 0.15) is 63.7 Å². The van der Waals surface area contributed by atoms with Crippen molar-refractivity contribution >= 4 is 11.5 Å². The number of rotatable bonds is 8. The van der Waals surface area contributed by atoms with Gasteiger partial charge in [-0.3, -0.25) is 0 Å². The molecular weight excluding hydrogens is 230 g/mol. The van der Waals surface area contributed by atoms with E-state index in [-0.39, 0.29) is 0 Å². The third kappa shape index (κ3) is 5.13. The maximum Gasteiger partial charge on any atom is 0.145 e. The molecule has 17 heavy (non-hydrogen) atoms. The van der Waals surface area contributed by atoms with Crippen molar-refractivity contribution in [3.05, 3.63) is 10.8 Å². The van der Waals surface area contributed by atoms with Gasteiger partial charge in [0.15, 0.2) is 0 Å². The molecule has 1 heterocycles. The van der Waals surface area contributed by atoms with E-state index < -0.39 is 0 Å². The Morgan fingerprint density at radius 1 is 1.24 bits per heavy atom. The van der Waals surface area contributed by atoms with Crippen molar-refractivity contribution in [2.24, 2.45) is 0 Å². The molecule has 0 bridgehead atoms. The first-order valence-corrected chi connectivity index (χ1v) is 7.50. The lowest BCUT2D eigenvalue weighted by atomic mass is 10.1. The Balaban J connectivity index is 2.52. The molecule has 1 unspecified atom stereocenters. The van der Waals surface area contributed by atoms with E-state index in [1.54, 1.807) is 11.5 Å². The lowest BCUT2D eigenvalue weighted by molar-refractivity contribution is 0.472. The fourth-order valence-electron chi connectivity index (χ4n) is 1.77. The maximum atomic E-state index is 4.61. The highest BCUT2D eigenvalue weighted by atomic mass is 32.1. The van der Waals surface area contributed by atoms with Crippen LogP contribution in [0, 0.1) is 0 Å². The molecule has 1 aromatic rings. The second kappa shape index (κ2) is 7.77. The molecule has 98 valence electrons. The molecule has 0 fully saturated rings. The van der Waals surface area contributed by atoms with Crippen LogP contribution in [0.25, 0.3) is 0 Å². The van der Waals surface area contributed by atoms with Crippen molar-refractivity contribution in [3.8, 4) is 0 Å². The SMILES string of the molecule is CCCNC(CCC)Cc1nc(C(C)C)ns1. The first kappa shape index (κ1) is 14.6. The highest BCUT2D eigenvalue weighted by Gasteiger charge is 2.13. The molecule has 4 heteroatoms. The van der Waals surface area contributed by atoms with E-state index in [2.05, 4.69) is 42.4 Å². The van der Waals surface area contributed by atoms with Gasteiger partial charge in [0.2, 0.25) is 0 Å². The van der Waals surface area contributed by atoms with E-state index in [0.717, 1.165) is 18.8 Å². The summed E-state index contributed by atoms with van der Waals surface area (Å²) < 4.78 is 4.41. The van der Waals surface area contributed by atoms with Crippen LogP contribution in [0.2, 0.25) is 0 Å². The van der Waals surface area contributed by atoms with Crippen LogP contribution in [0.5, 0.6) is 0 Å². The summed E-state index contributed by atoms with van der Waals surface area (Å²) in [6.07, 6.45) is 4.65. The molecule has 1 aromatic heterocycles. The summed E-state index contributed by atoms with van der Waals surface area (Å²) in [5, 5.41) is 4.77. The molecule has 3 nitrogen and oxygen atoms in total. The molecule has 0 radical (unpaired) electrons. The highest BCUT2D eigenvalue weighted by Crippen LogP contribution is 2.15. The van der Waals surface area contributed by atoms with Crippen LogP contribution in [0.4, 0.5) is 0 Å². The fourth-order valence-corrected chi connectivity index (χ4v) is 2.63. The first-order valence-electron chi connectivity index (χ1n) is 6.73. The molecule has 0 aromatic carbocycles. The minimum Gasteiger partial charge on any atom is -0.314 e. The zero-order valence-electron chi connectivity index (χ0n) is 11.5. The van der Waals surface area contributed by atoms with Gasteiger partial charge in [-0.05, 0) is 30.9 Å². The molecule has 0 aliphatic rings. The lowest BCUT2D eigenvalue weighted by Gasteiger charge is -2.15. The topological polar surface area (TPSA) is 37.8 Å². The Labute approximate surface area is 109 Å². The Bertz CT molecular complexity index is 309. The average Bonchev–Trinajstić information content (AvgIpc) is 2.75.